The van der Waals surface area contributed by atoms with Crippen molar-refractivity contribution >= 4 is 22.1 Å². The van der Waals surface area contributed by atoms with Gasteiger partial charge in [-0.1, -0.05) is 13.8 Å². The maximum absolute atomic E-state index is 12.0. The Morgan fingerprint density at radius 2 is 1.96 bits per heavy atom. The van der Waals surface area contributed by atoms with Crippen LogP contribution in [0.5, 0.6) is 0 Å². The largest absolute Gasteiger partial charge is 0.431 e. The summed E-state index contributed by atoms with van der Waals surface area (Å²) in [5, 5.41) is 7.55. The summed E-state index contributed by atoms with van der Waals surface area (Å²) in [5.74, 6) is -0.566. The first-order valence-electron chi connectivity index (χ1n) is 8.53. The Labute approximate surface area is 159 Å². The molecule has 1 amide bonds. The van der Waals surface area contributed by atoms with Crippen molar-refractivity contribution in [2.75, 3.05) is 19.4 Å². The smallest absolute Gasteiger partial charge is 0.303 e. The predicted molar refractivity (Wildman–Crippen MR) is 101 cm³/mol. The van der Waals surface area contributed by atoms with E-state index < -0.39 is 16.1 Å². The minimum absolute atomic E-state index is 0.108. The number of anilines is 1. The van der Waals surface area contributed by atoms with Gasteiger partial charge in [-0.2, -0.15) is 22.8 Å². The molecule has 0 fully saturated rings. The highest BCUT2D eigenvalue weighted by molar-refractivity contribution is 7.87. The topological polar surface area (TPSA) is 122 Å². The lowest BCUT2D eigenvalue weighted by molar-refractivity contribution is 0.0975. The van der Waals surface area contributed by atoms with Gasteiger partial charge in [-0.05, 0) is 25.3 Å². The molecule has 0 atom stereocenters. The Balaban J connectivity index is 2.08. The Hall–Kier alpha value is -2.40. The molecule has 2 N–H and O–H groups in total. The fraction of sp³-hybridized carbons (Fsp3) is 0.562. The molecule has 150 valence electrons. The number of nitrogens with zero attached hydrogens (tertiary/aromatic N) is 4. The van der Waals surface area contributed by atoms with Crippen molar-refractivity contribution < 1.29 is 17.6 Å². The average molecular weight is 398 g/mol. The van der Waals surface area contributed by atoms with Crippen molar-refractivity contribution in [2.45, 2.75) is 46.2 Å². The second kappa shape index (κ2) is 8.09. The van der Waals surface area contributed by atoms with Gasteiger partial charge < -0.3 is 9.73 Å². The summed E-state index contributed by atoms with van der Waals surface area (Å²) >= 11 is 0. The molecule has 0 aliphatic heterocycles. The van der Waals surface area contributed by atoms with Gasteiger partial charge in [0.25, 0.3) is 11.9 Å². The molecule has 0 radical (unpaired) electrons. The van der Waals surface area contributed by atoms with Gasteiger partial charge in [-0.15, -0.1) is 0 Å². The monoisotopic (exact) mass is 398 g/mol. The van der Waals surface area contributed by atoms with Gasteiger partial charge in [0, 0.05) is 26.3 Å². The summed E-state index contributed by atoms with van der Waals surface area (Å²) in [4.78, 5) is 16.0. The summed E-state index contributed by atoms with van der Waals surface area (Å²) in [7, 11) is -1.27. The highest BCUT2D eigenvalue weighted by Gasteiger charge is 2.21. The zero-order chi connectivity index (χ0) is 20.4. The van der Waals surface area contributed by atoms with Gasteiger partial charge in [-0.25, -0.2) is 4.72 Å². The van der Waals surface area contributed by atoms with E-state index in [1.165, 1.54) is 14.1 Å². The summed E-state index contributed by atoms with van der Waals surface area (Å²) in [5.41, 5.74) is 1.83. The zero-order valence-electron chi connectivity index (χ0n) is 16.3. The molecule has 0 saturated heterocycles. The maximum Gasteiger partial charge on any atom is 0.303 e. The van der Waals surface area contributed by atoms with Crippen LogP contribution in [0.1, 0.15) is 61.4 Å². The Morgan fingerprint density at radius 1 is 1.30 bits per heavy atom. The van der Waals surface area contributed by atoms with E-state index in [1.54, 1.807) is 0 Å². The first kappa shape index (κ1) is 20.9. The number of hydrogen-bond acceptors (Lipinski definition) is 7. The lowest BCUT2D eigenvalue weighted by atomic mass is 10.0. The minimum Gasteiger partial charge on any atom is -0.431 e. The van der Waals surface area contributed by atoms with Crippen LogP contribution in [0.2, 0.25) is 0 Å². The lowest BCUT2D eigenvalue weighted by Gasteiger charge is -2.10. The molecule has 2 heterocycles. The lowest BCUT2D eigenvalue weighted by Crippen LogP contribution is -2.39. The van der Waals surface area contributed by atoms with Gasteiger partial charge in [0.1, 0.15) is 6.26 Å². The van der Waals surface area contributed by atoms with Crippen LogP contribution in [0.4, 0.5) is 6.01 Å². The van der Waals surface area contributed by atoms with Gasteiger partial charge in [0.2, 0.25) is 0 Å². The number of hydrogen-bond donors (Lipinski definition) is 2. The molecule has 0 unspecified atom stereocenters. The Morgan fingerprint density at radius 3 is 2.52 bits per heavy atom. The van der Waals surface area contributed by atoms with Crippen molar-refractivity contribution in [3.05, 3.63) is 29.4 Å². The van der Waals surface area contributed by atoms with Crippen molar-refractivity contribution in [3.63, 3.8) is 0 Å². The quantitative estimate of drug-likeness (QED) is 0.694. The number of aromatic nitrogens is 3. The van der Waals surface area contributed by atoms with E-state index in [2.05, 4.69) is 43.1 Å². The van der Waals surface area contributed by atoms with E-state index in [0.717, 1.165) is 21.8 Å². The molecule has 2 aromatic heterocycles. The van der Waals surface area contributed by atoms with E-state index in [-0.39, 0.29) is 17.8 Å². The number of carbonyl (C=O) groups excluding carboxylic acids is 1. The standard InChI is InChI=1S/C16H26N6O4S/c1-10(2)12-8-22(11(3)4)19-13(12)7-17-16-18-14(9-26-16)15(23)20-27(24,25)21(5)6/h8-11H,7H2,1-6H3,(H,17,18)(H,20,23). The fourth-order valence-electron chi connectivity index (χ4n) is 2.21. The van der Waals surface area contributed by atoms with Crippen LogP contribution in [0, 0.1) is 0 Å². The fourth-order valence-corrected chi connectivity index (χ4v) is 2.73. The van der Waals surface area contributed by atoms with Gasteiger partial charge >= 0.3 is 10.2 Å². The Bertz CT molecular complexity index is 898. The molecule has 10 nitrogen and oxygen atoms in total. The highest BCUT2D eigenvalue weighted by atomic mass is 32.2. The van der Waals surface area contributed by atoms with Crippen LogP contribution in [-0.2, 0) is 16.8 Å². The van der Waals surface area contributed by atoms with Gasteiger partial charge in [0.15, 0.2) is 5.69 Å². The minimum atomic E-state index is -3.89. The number of oxazole rings is 1. The van der Waals surface area contributed by atoms with Crippen molar-refractivity contribution in [1.82, 2.24) is 23.8 Å². The average Bonchev–Trinajstić information content (AvgIpc) is 3.19. The van der Waals surface area contributed by atoms with E-state index in [4.69, 9.17) is 4.42 Å². The molecule has 11 heteroatoms. The van der Waals surface area contributed by atoms with Crippen molar-refractivity contribution in [1.29, 1.82) is 0 Å². The van der Waals surface area contributed by atoms with Crippen LogP contribution < -0.4 is 10.0 Å². The number of nitrogens with one attached hydrogen (secondary N) is 2. The van der Waals surface area contributed by atoms with E-state index in [0.29, 0.717) is 12.5 Å². The van der Waals surface area contributed by atoms with E-state index in [1.807, 2.05) is 15.6 Å². The van der Waals surface area contributed by atoms with Gasteiger partial charge in [0.05, 0.1) is 12.2 Å². The third-order valence-corrected chi connectivity index (χ3v) is 5.24. The molecule has 0 spiro atoms. The maximum atomic E-state index is 12.0. The second-order valence-electron chi connectivity index (χ2n) is 6.87. The molecule has 0 saturated carbocycles. The highest BCUT2D eigenvalue weighted by Crippen LogP contribution is 2.21. The van der Waals surface area contributed by atoms with Crippen molar-refractivity contribution in [2.24, 2.45) is 0 Å². The molecule has 27 heavy (non-hydrogen) atoms. The molecule has 0 aromatic carbocycles. The third-order valence-electron chi connectivity index (χ3n) is 3.84. The van der Waals surface area contributed by atoms with Crippen LogP contribution >= 0.6 is 0 Å². The number of carbonyl (C=O) groups is 1. The SMILES string of the molecule is CC(C)c1cn(C(C)C)nc1CNc1nc(C(=O)NS(=O)(=O)N(C)C)co1. The van der Waals surface area contributed by atoms with Crippen LogP contribution in [0.3, 0.4) is 0 Å². The molecular formula is C16H26N6O4S. The summed E-state index contributed by atoms with van der Waals surface area (Å²) in [6.45, 7) is 8.64. The van der Waals surface area contributed by atoms with E-state index >= 15 is 0 Å². The number of rotatable bonds is 8. The molecular weight excluding hydrogens is 372 g/mol. The molecule has 0 aliphatic carbocycles. The molecule has 2 aromatic rings. The predicted octanol–water partition coefficient (Wildman–Crippen LogP) is 1.72. The first-order valence-corrected chi connectivity index (χ1v) is 9.97. The second-order valence-corrected chi connectivity index (χ2v) is 8.75. The van der Waals surface area contributed by atoms with Crippen LogP contribution in [-0.4, -0.2) is 47.5 Å². The summed E-state index contributed by atoms with van der Waals surface area (Å²) in [6, 6.07) is 0.350. The Kier molecular flexibility index (Phi) is 6.26. The van der Waals surface area contributed by atoms with Crippen LogP contribution in [0.15, 0.2) is 16.9 Å². The third kappa shape index (κ3) is 5.07. The normalized spacial score (nSPS) is 12.2. The summed E-state index contributed by atoms with van der Waals surface area (Å²) < 4.78 is 33.3. The van der Waals surface area contributed by atoms with Crippen LogP contribution in [0.25, 0.3) is 0 Å². The van der Waals surface area contributed by atoms with E-state index in [9.17, 15) is 13.2 Å². The zero-order valence-corrected chi connectivity index (χ0v) is 17.2. The van der Waals surface area contributed by atoms with Gasteiger partial charge in [-0.3, -0.25) is 9.48 Å². The summed E-state index contributed by atoms with van der Waals surface area (Å²) in [6.07, 6.45) is 3.12. The molecule has 2 rings (SSSR count). The number of amides is 1. The van der Waals surface area contributed by atoms with Crippen molar-refractivity contribution in [3.8, 4) is 0 Å². The first-order chi connectivity index (χ1) is 12.5. The molecule has 0 bridgehead atoms. The molecule has 0 aliphatic rings.